The van der Waals surface area contributed by atoms with Crippen LogP contribution in [0.5, 0.6) is 0 Å². The normalized spacial score (nSPS) is 20.1. The van der Waals surface area contributed by atoms with Crippen LogP contribution in [-0.2, 0) is 4.79 Å². The molecule has 136 valence electrons. The summed E-state index contributed by atoms with van der Waals surface area (Å²) in [5, 5.41) is 14.9. The highest BCUT2D eigenvalue weighted by Crippen LogP contribution is 2.28. The Balaban J connectivity index is 2.03. The monoisotopic (exact) mass is 364 g/mol. The third-order valence-corrected chi connectivity index (χ3v) is 5.16. The Kier molecular flexibility index (Phi) is 5.77. The van der Waals surface area contributed by atoms with E-state index in [1.807, 2.05) is 20.8 Å². The number of aliphatic carboxylic acids is 1. The van der Waals surface area contributed by atoms with Gasteiger partial charge >= 0.3 is 5.97 Å². The summed E-state index contributed by atoms with van der Waals surface area (Å²) in [6.07, 6.45) is 0.409. The van der Waals surface area contributed by atoms with E-state index >= 15 is 0 Å². The van der Waals surface area contributed by atoms with Gasteiger partial charge in [0.1, 0.15) is 5.54 Å². The maximum Gasteiger partial charge on any atom is 0.330 e. The average Bonchev–Trinajstić information content (AvgIpc) is 3.02. The first kappa shape index (κ1) is 19.3. The Morgan fingerprint density at radius 3 is 2.12 bits per heavy atom. The van der Waals surface area contributed by atoms with Gasteiger partial charge in [-0.15, -0.1) is 0 Å². The predicted molar refractivity (Wildman–Crippen MR) is 98.0 cm³/mol. The van der Waals surface area contributed by atoms with E-state index in [2.05, 4.69) is 10.6 Å². The number of nitrogens with one attached hydrogen (secondary N) is 2. The minimum atomic E-state index is -1.20. The molecule has 0 radical (unpaired) electrons. The minimum Gasteiger partial charge on any atom is -0.479 e. The number of rotatable bonds is 5. The van der Waals surface area contributed by atoms with Crippen molar-refractivity contribution < 1.29 is 19.5 Å². The Hall–Kier alpha value is -2.02. The van der Waals surface area contributed by atoms with E-state index < -0.39 is 17.4 Å². The van der Waals surface area contributed by atoms with Gasteiger partial charge in [-0.1, -0.05) is 20.8 Å². The molecule has 1 saturated heterocycles. The summed E-state index contributed by atoms with van der Waals surface area (Å²) in [5.74, 6) is -0.576. The highest BCUT2D eigenvalue weighted by Gasteiger charge is 2.43. The molecule has 0 spiro atoms. The van der Waals surface area contributed by atoms with Gasteiger partial charge in [-0.3, -0.25) is 9.59 Å². The van der Waals surface area contributed by atoms with Crippen molar-refractivity contribution in [2.24, 2.45) is 5.41 Å². The first-order valence-electron chi connectivity index (χ1n) is 8.15. The number of hydrogen-bond donors (Lipinski definition) is 3. The lowest BCUT2D eigenvalue weighted by Crippen LogP contribution is -2.54. The van der Waals surface area contributed by atoms with Gasteiger partial charge in [-0.05, 0) is 41.9 Å². The lowest BCUT2D eigenvalue weighted by molar-refractivity contribution is -0.143. The third kappa shape index (κ3) is 4.98. The molecule has 2 rings (SSSR count). The van der Waals surface area contributed by atoms with E-state index in [1.165, 1.54) is 11.8 Å². The van der Waals surface area contributed by atoms with E-state index in [0.717, 1.165) is 0 Å². The Morgan fingerprint density at radius 2 is 1.68 bits per heavy atom. The fourth-order valence-electron chi connectivity index (χ4n) is 2.40. The summed E-state index contributed by atoms with van der Waals surface area (Å²) >= 11 is 1.51. The highest BCUT2D eigenvalue weighted by atomic mass is 32.2. The number of carbonyl (C=O) groups is 3. The standard InChI is InChI=1S/C18H24N2O4S/c1-17(2,3)10-19-14(21)12-4-6-13(7-5-12)15(22)20-18(16(23)24)8-9-25-11-18/h4-7H,8-11H2,1-3H3,(H,19,21)(H,20,22)(H,23,24). The molecule has 3 N–H and O–H groups in total. The number of carboxylic acid groups (broad SMARTS) is 1. The molecule has 1 fully saturated rings. The molecule has 0 aromatic heterocycles. The molecule has 25 heavy (non-hydrogen) atoms. The summed E-state index contributed by atoms with van der Waals surface area (Å²) in [6, 6.07) is 6.23. The maximum atomic E-state index is 12.4. The molecule has 2 amide bonds. The summed E-state index contributed by atoms with van der Waals surface area (Å²) in [7, 11) is 0. The van der Waals surface area contributed by atoms with Gasteiger partial charge in [0.05, 0.1) is 0 Å². The Morgan fingerprint density at radius 1 is 1.12 bits per heavy atom. The van der Waals surface area contributed by atoms with Crippen LogP contribution in [0, 0.1) is 5.41 Å². The van der Waals surface area contributed by atoms with Crippen LogP contribution in [0.1, 0.15) is 47.9 Å². The van der Waals surface area contributed by atoms with Crippen LogP contribution in [0.4, 0.5) is 0 Å². The number of hydrogen-bond acceptors (Lipinski definition) is 4. The quantitative estimate of drug-likeness (QED) is 0.744. The van der Waals surface area contributed by atoms with Crippen LogP contribution in [0.15, 0.2) is 24.3 Å². The van der Waals surface area contributed by atoms with Gasteiger partial charge in [0.2, 0.25) is 0 Å². The molecular weight excluding hydrogens is 340 g/mol. The molecule has 0 bridgehead atoms. The molecule has 1 aromatic carbocycles. The lowest BCUT2D eigenvalue weighted by atomic mass is 9.97. The fraction of sp³-hybridized carbons (Fsp3) is 0.500. The molecule has 1 heterocycles. The van der Waals surface area contributed by atoms with Crippen molar-refractivity contribution >= 4 is 29.5 Å². The van der Waals surface area contributed by atoms with Crippen molar-refractivity contribution in [3.8, 4) is 0 Å². The molecule has 1 unspecified atom stereocenters. The van der Waals surface area contributed by atoms with Gasteiger partial charge in [0.15, 0.2) is 0 Å². The topological polar surface area (TPSA) is 95.5 Å². The number of carbonyl (C=O) groups excluding carboxylic acids is 2. The first-order chi connectivity index (χ1) is 11.6. The average molecular weight is 364 g/mol. The lowest BCUT2D eigenvalue weighted by Gasteiger charge is -2.24. The van der Waals surface area contributed by atoms with Crippen molar-refractivity contribution in [2.45, 2.75) is 32.7 Å². The minimum absolute atomic E-state index is 0.0140. The molecule has 0 aliphatic carbocycles. The second-order valence-corrected chi connectivity index (χ2v) is 8.57. The Bertz CT molecular complexity index is 659. The van der Waals surface area contributed by atoms with Gasteiger partial charge < -0.3 is 15.7 Å². The fourth-order valence-corrected chi connectivity index (χ4v) is 3.72. The van der Waals surface area contributed by atoms with Crippen LogP contribution in [0.2, 0.25) is 0 Å². The molecule has 1 atom stereocenters. The number of amides is 2. The van der Waals surface area contributed by atoms with Crippen molar-refractivity contribution in [3.63, 3.8) is 0 Å². The van der Waals surface area contributed by atoms with Crippen LogP contribution < -0.4 is 10.6 Å². The SMILES string of the molecule is CC(C)(C)CNC(=O)c1ccc(C(=O)NC2(C(=O)O)CCSC2)cc1. The van der Waals surface area contributed by atoms with Crippen LogP contribution >= 0.6 is 11.8 Å². The molecular formula is C18H24N2O4S. The van der Waals surface area contributed by atoms with Gasteiger partial charge in [0.25, 0.3) is 11.8 Å². The van der Waals surface area contributed by atoms with Crippen molar-refractivity contribution in [1.29, 1.82) is 0 Å². The number of thioether (sulfide) groups is 1. The molecule has 1 aliphatic heterocycles. The van der Waals surface area contributed by atoms with E-state index in [-0.39, 0.29) is 11.3 Å². The van der Waals surface area contributed by atoms with Gasteiger partial charge in [-0.25, -0.2) is 4.79 Å². The molecule has 1 aliphatic rings. The van der Waals surface area contributed by atoms with E-state index in [1.54, 1.807) is 24.3 Å². The molecule has 0 saturated carbocycles. The highest BCUT2D eigenvalue weighted by molar-refractivity contribution is 7.99. The van der Waals surface area contributed by atoms with Crippen molar-refractivity contribution in [1.82, 2.24) is 10.6 Å². The molecule has 6 nitrogen and oxygen atoms in total. The second kappa shape index (κ2) is 7.47. The second-order valence-electron chi connectivity index (χ2n) is 7.46. The maximum absolute atomic E-state index is 12.4. The van der Waals surface area contributed by atoms with E-state index in [9.17, 15) is 19.5 Å². The summed E-state index contributed by atoms with van der Waals surface area (Å²) < 4.78 is 0. The predicted octanol–water partition coefficient (Wildman–Crippen LogP) is 2.15. The first-order valence-corrected chi connectivity index (χ1v) is 9.30. The zero-order valence-corrected chi connectivity index (χ0v) is 15.5. The number of carboxylic acids is 1. The zero-order valence-electron chi connectivity index (χ0n) is 14.7. The summed E-state index contributed by atoms with van der Waals surface area (Å²) in [6.45, 7) is 6.63. The molecule has 7 heteroatoms. The largest absolute Gasteiger partial charge is 0.479 e. The Labute approximate surface area is 151 Å². The molecule has 1 aromatic rings. The number of benzene rings is 1. The van der Waals surface area contributed by atoms with E-state index in [0.29, 0.717) is 35.6 Å². The third-order valence-electron chi connectivity index (χ3n) is 3.97. The summed E-state index contributed by atoms with van der Waals surface area (Å²) in [5.41, 5.74) is -0.417. The smallest absolute Gasteiger partial charge is 0.330 e. The zero-order chi connectivity index (χ0) is 18.7. The summed E-state index contributed by atoms with van der Waals surface area (Å²) in [4.78, 5) is 36.0. The van der Waals surface area contributed by atoms with Crippen LogP contribution in [0.3, 0.4) is 0 Å². The van der Waals surface area contributed by atoms with Gasteiger partial charge in [-0.2, -0.15) is 11.8 Å². The van der Waals surface area contributed by atoms with E-state index in [4.69, 9.17) is 0 Å². The van der Waals surface area contributed by atoms with Crippen LogP contribution in [-0.4, -0.2) is 46.5 Å². The van der Waals surface area contributed by atoms with Crippen LogP contribution in [0.25, 0.3) is 0 Å². The van der Waals surface area contributed by atoms with Crippen molar-refractivity contribution in [2.75, 3.05) is 18.1 Å². The van der Waals surface area contributed by atoms with Crippen molar-refractivity contribution in [3.05, 3.63) is 35.4 Å². The van der Waals surface area contributed by atoms with Gasteiger partial charge in [0, 0.05) is 23.4 Å².